The molecular weight excluding hydrogens is 284 g/mol. The first kappa shape index (κ1) is 16.3. The van der Waals surface area contributed by atoms with Gasteiger partial charge in [0.1, 0.15) is 5.56 Å². The Morgan fingerprint density at radius 2 is 1.95 bits per heavy atom. The van der Waals surface area contributed by atoms with Crippen molar-refractivity contribution < 1.29 is 24.1 Å². The molecule has 0 saturated heterocycles. The highest BCUT2D eigenvalue weighted by Gasteiger charge is 2.33. The van der Waals surface area contributed by atoms with Crippen LogP contribution >= 0.6 is 0 Å². The fourth-order valence-corrected chi connectivity index (χ4v) is 1.70. The predicted molar refractivity (Wildman–Crippen MR) is 72.1 cm³/mol. The van der Waals surface area contributed by atoms with Crippen molar-refractivity contribution in [1.29, 1.82) is 0 Å². The zero-order chi connectivity index (χ0) is 16.0. The Morgan fingerprint density at radius 3 is 2.38 bits per heavy atom. The Balaban J connectivity index is 3.55. The first-order valence-electron chi connectivity index (χ1n) is 6.09. The van der Waals surface area contributed by atoms with E-state index in [0.29, 0.717) is 6.42 Å². The van der Waals surface area contributed by atoms with Crippen LogP contribution in [0.3, 0.4) is 0 Å². The molecule has 1 rings (SSSR count). The van der Waals surface area contributed by atoms with Gasteiger partial charge < -0.3 is 9.47 Å². The molecule has 0 aliphatic carbocycles. The lowest BCUT2D eigenvalue weighted by molar-refractivity contribution is -0.390. The second kappa shape index (κ2) is 7.17. The minimum absolute atomic E-state index is 0.113. The summed E-state index contributed by atoms with van der Waals surface area (Å²) in [6, 6.07) is 0.881. The molecule has 0 amide bonds. The van der Waals surface area contributed by atoms with Crippen LogP contribution in [0.4, 0.5) is 11.4 Å². The lowest BCUT2D eigenvalue weighted by Gasteiger charge is -2.11. The molecule has 0 aliphatic rings. The number of unbranched alkanes of at least 4 members (excludes halogenated alkanes) is 1. The Bertz CT molecular complexity index is 571. The number of methoxy groups -OCH3 is 1. The van der Waals surface area contributed by atoms with E-state index in [0.717, 1.165) is 19.6 Å². The molecular formula is C12H14N2O7. The number of benzene rings is 1. The number of hydrogen-bond donors (Lipinski definition) is 0. The number of nitrogens with zero attached hydrogens (tertiary/aromatic N) is 2. The van der Waals surface area contributed by atoms with Crippen molar-refractivity contribution in [3.05, 3.63) is 31.9 Å². The number of ether oxygens (including phenoxy) is 2. The third-order valence-electron chi connectivity index (χ3n) is 2.69. The third kappa shape index (κ3) is 3.44. The fraction of sp³-hybridized carbons (Fsp3) is 0.417. The second-order valence-electron chi connectivity index (χ2n) is 4.02. The van der Waals surface area contributed by atoms with Gasteiger partial charge in [-0.3, -0.25) is 25.0 Å². The fourth-order valence-electron chi connectivity index (χ4n) is 1.70. The monoisotopic (exact) mass is 298 g/mol. The van der Waals surface area contributed by atoms with E-state index in [2.05, 4.69) is 0 Å². The van der Waals surface area contributed by atoms with Crippen molar-refractivity contribution in [3.63, 3.8) is 0 Å². The molecule has 0 aromatic heterocycles. The third-order valence-corrected chi connectivity index (χ3v) is 2.69. The predicted octanol–water partition coefficient (Wildman–Crippen LogP) is 2.50. The topological polar surface area (TPSA) is 122 Å². The largest absolute Gasteiger partial charge is 0.490 e. The van der Waals surface area contributed by atoms with E-state index in [9.17, 15) is 25.0 Å². The summed E-state index contributed by atoms with van der Waals surface area (Å²) in [5.41, 5.74) is -1.69. The highest BCUT2D eigenvalue weighted by molar-refractivity contribution is 5.90. The summed E-state index contributed by atoms with van der Waals surface area (Å²) >= 11 is 0. The van der Waals surface area contributed by atoms with Crippen molar-refractivity contribution in [2.24, 2.45) is 0 Å². The zero-order valence-corrected chi connectivity index (χ0v) is 11.5. The number of nitro groups is 2. The van der Waals surface area contributed by atoms with Crippen molar-refractivity contribution in [2.75, 3.05) is 13.7 Å². The van der Waals surface area contributed by atoms with Crippen molar-refractivity contribution in [1.82, 2.24) is 0 Å². The second-order valence-corrected chi connectivity index (χ2v) is 4.02. The van der Waals surface area contributed by atoms with Gasteiger partial charge in [-0.1, -0.05) is 13.3 Å². The molecule has 21 heavy (non-hydrogen) atoms. The van der Waals surface area contributed by atoms with E-state index < -0.39 is 32.5 Å². The molecule has 1 aromatic carbocycles. The highest BCUT2D eigenvalue weighted by atomic mass is 16.6. The standard InChI is InChI=1S/C12H14N2O7/c1-3-4-5-21-12-8(7-15)11(14(18)19)10(20-2)6-9(12)13(16)17/h6-7H,3-5H2,1-2H3. The van der Waals surface area contributed by atoms with E-state index >= 15 is 0 Å². The molecule has 0 radical (unpaired) electrons. The summed E-state index contributed by atoms with van der Waals surface area (Å²) in [7, 11) is 1.12. The summed E-state index contributed by atoms with van der Waals surface area (Å²) in [6.45, 7) is 2.00. The molecule has 0 atom stereocenters. The lowest BCUT2D eigenvalue weighted by atomic mass is 10.1. The summed E-state index contributed by atoms with van der Waals surface area (Å²) in [5, 5.41) is 22.1. The molecule has 0 aliphatic heterocycles. The van der Waals surface area contributed by atoms with Crippen molar-refractivity contribution >= 4 is 17.7 Å². The van der Waals surface area contributed by atoms with Crippen molar-refractivity contribution in [2.45, 2.75) is 19.8 Å². The van der Waals surface area contributed by atoms with Crippen LogP contribution < -0.4 is 9.47 Å². The normalized spacial score (nSPS) is 10.0. The van der Waals surface area contributed by atoms with Crippen LogP contribution in [-0.2, 0) is 0 Å². The average molecular weight is 298 g/mol. The smallest absolute Gasteiger partial charge is 0.325 e. The SMILES string of the molecule is CCCCOc1c([N+](=O)[O-])cc(OC)c([N+](=O)[O-])c1C=O. The Labute approximate surface area is 119 Å². The Kier molecular flexibility index (Phi) is 5.58. The minimum Gasteiger partial charge on any atom is -0.490 e. The molecule has 0 heterocycles. The molecule has 0 bridgehead atoms. The molecule has 0 spiro atoms. The van der Waals surface area contributed by atoms with Gasteiger partial charge in [0, 0.05) is 0 Å². The number of rotatable bonds is 8. The first-order chi connectivity index (χ1) is 9.97. The Morgan fingerprint density at radius 1 is 1.29 bits per heavy atom. The minimum atomic E-state index is -0.834. The lowest BCUT2D eigenvalue weighted by Crippen LogP contribution is -2.07. The number of hydrogen-bond acceptors (Lipinski definition) is 7. The molecule has 9 heteroatoms. The average Bonchev–Trinajstić information content (AvgIpc) is 2.45. The van der Waals surface area contributed by atoms with Gasteiger partial charge in [0.2, 0.25) is 11.5 Å². The van der Waals surface area contributed by atoms with Gasteiger partial charge in [0.15, 0.2) is 6.29 Å². The van der Waals surface area contributed by atoms with E-state index in [4.69, 9.17) is 9.47 Å². The van der Waals surface area contributed by atoms with Gasteiger partial charge >= 0.3 is 11.4 Å². The summed E-state index contributed by atoms with van der Waals surface area (Å²) in [6.07, 6.45) is 1.52. The molecule has 0 N–H and O–H groups in total. The molecule has 0 unspecified atom stereocenters. The van der Waals surface area contributed by atoms with Crippen LogP contribution in [-0.4, -0.2) is 29.8 Å². The van der Waals surface area contributed by atoms with Gasteiger partial charge in [0.05, 0.1) is 29.6 Å². The quantitative estimate of drug-likeness (QED) is 0.312. The molecule has 0 fully saturated rings. The number of carbonyl (C=O) groups excluding carboxylic acids is 1. The van der Waals surface area contributed by atoms with Gasteiger partial charge in [-0.05, 0) is 6.42 Å². The van der Waals surface area contributed by atoms with Gasteiger partial charge in [-0.2, -0.15) is 0 Å². The first-order valence-corrected chi connectivity index (χ1v) is 6.09. The molecule has 1 aromatic rings. The maximum Gasteiger partial charge on any atom is 0.325 e. The van der Waals surface area contributed by atoms with Crippen LogP contribution in [0.25, 0.3) is 0 Å². The van der Waals surface area contributed by atoms with Crippen LogP contribution in [0.2, 0.25) is 0 Å². The van der Waals surface area contributed by atoms with E-state index in [1.807, 2.05) is 6.92 Å². The summed E-state index contributed by atoms with van der Waals surface area (Å²) in [5.74, 6) is -0.771. The number of aldehydes is 1. The van der Waals surface area contributed by atoms with E-state index in [-0.39, 0.29) is 18.6 Å². The van der Waals surface area contributed by atoms with Crippen LogP contribution in [0.15, 0.2) is 6.07 Å². The van der Waals surface area contributed by atoms with Gasteiger partial charge in [-0.25, -0.2) is 0 Å². The zero-order valence-electron chi connectivity index (χ0n) is 11.5. The van der Waals surface area contributed by atoms with Gasteiger partial charge in [-0.15, -0.1) is 0 Å². The molecule has 9 nitrogen and oxygen atoms in total. The van der Waals surface area contributed by atoms with Crippen LogP contribution in [0.5, 0.6) is 11.5 Å². The maximum absolute atomic E-state index is 11.2. The van der Waals surface area contributed by atoms with Crippen LogP contribution in [0.1, 0.15) is 30.1 Å². The number of carbonyl (C=O) groups is 1. The van der Waals surface area contributed by atoms with E-state index in [1.54, 1.807) is 0 Å². The van der Waals surface area contributed by atoms with Crippen LogP contribution in [0, 0.1) is 20.2 Å². The Hall–Kier alpha value is -2.71. The maximum atomic E-state index is 11.2. The summed E-state index contributed by atoms with van der Waals surface area (Å²) < 4.78 is 9.98. The molecule has 0 saturated carbocycles. The van der Waals surface area contributed by atoms with Gasteiger partial charge in [0.25, 0.3) is 0 Å². The number of nitro benzene ring substituents is 2. The van der Waals surface area contributed by atoms with E-state index in [1.165, 1.54) is 0 Å². The highest BCUT2D eigenvalue weighted by Crippen LogP contribution is 2.43. The summed E-state index contributed by atoms with van der Waals surface area (Å²) in [4.78, 5) is 31.7. The molecule has 114 valence electrons. The van der Waals surface area contributed by atoms with Crippen molar-refractivity contribution in [3.8, 4) is 11.5 Å².